The van der Waals surface area contributed by atoms with E-state index in [2.05, 4.69) is 79.0 Å². The smallest absolute Gasteiger partial charge is 0.191 e. The van der Waals surface area contributed by atoms with Gasteiger partial charge in [0.25, 0.3) is 0 Å². The minimum atomic E-state index is -0.0301. The van der Waals surface area contributed by atoms with E-state index in [1.54, 1.807) is 0 Å². The molecule has 23 heavy (non-hydrogen) atoms. The third kappa shape index (κ3) is 9.15. The highest BCUT2D eigenvalue weighted by atomic mass is 127. The van der Waals surface area contributed by atoms with Gasteiger partial charge in [-0.2, -0.15) is 0 Å². The van der Waals surface area contributed by atoms with Crippen LogP contribution < -0.4 is 16.0 Å². The number of rotatable bonds is 8. The maximum Gasteiger partial charge on any atom is 0.191 e. The fraction of sp³-hybridized carbons (Fsp3) is 0.611. The molecule has 132 valence electrons. The molecule has 1 aromatic carbocycles. The topological polar surface area (TPSA) is 48.5 Å². The van der Waals surface area contributed by atoms with Crippen molar-refractivity contribution in [1.29, 1.82) is 0 Å². The molecule has 0 aliphatic rings. The molecule has 1 atom stereocenters. The van der Waals surface area contributed by atoms with E-state index in [1.807, 2.05) is 7.05 Å². The van der Waals surface area contributed by atoms with E-state index in [0.29, 0.717) is 6.04 Å². The minimum Gasteiger partial charge on any atom is -0.356 e. The molecule has 0 heterocycles. The molecule has 1 aromatic rings. The molecule has 0 fully saturated rings. The number of unbranched alkanes of at least 4 members (excludes halogenated alkanes) is 1. The van der Waals surface area contributed by atoms with Crippen molar-refractivity contribution in [3.8, 4) is 0 Å². The number of hydrogen-bond acceptors (Lipinski definition) is 2. The third-order valence-electron chi connectivity index (χ3n) is 3.65. The summed E-state index contributed by atoms with van der Waals surface area (Å²) in [5.74, 6) is 0.871. The van der Waals surface area contributed by atoms with Crippen LogP contribution in [0.25, 0.3) is 0 Å². The Balaban J connectivity index is 0.00000484. The van der Waals surface area contributed by atoms with Crippen LogP contribution in [0.1, 0.15) is 52.1 Å². The summed E-state index contributed by atoms with van der Waals surface area (Å²) < 4.78 is 0. The van der Waals surface area contributed by atoms with E-state index >= 15 is 0 Å². The number of nitrogens with one attached hydrogen (secondary N) is 3. The molecule has 0 aromatic heterocycles. The number of benzene rings is 1. The lowest BCUT2D eigenvalue weighted by molar-refractivity contribution is 0.345. The first-order chi connectivity index (χ1) is 10.5. The maximum atomic E-state index is 4.27. The first kappa shape index (κ1) is 22.2. The standard InChI is InChI=1S/C18H32N4.HI/c1-6-7-13-20-17(19-5)21-14-18(3,4)22-15(2)16-11-9-8-10-12-16;/h8-12,15,22H,6-7,13-14H2,1-5H3,(H2,19,20,21);1H. The summed E-state index contributed by atoms with van der Waals surface area (Å²) in [4.78, 5) is 4.27. The summed E-state index contributed by atoms with van der Waals surface area (Å²) in [6.45, 7) is 10.6. The van der Waals surface area contributed by atoms with Crippen molar-refractivity contribution in [1.82, 2.24) is 16.0 Å². The average molecular weight is 432 g/mol. The lowest BCUT2D eigenvalue weighted by Gasteiger charge is -2.31. The van der Waals surface area contributed by atoms with E-state index in [9.17, 15) is 0 Å². The molecule has 0 aliphatic carbocycles. The second-order valence-electron chi connectivity index (χ2n) is 6.37. The van der Waals surface area contributed by atoms with Gasteiger partial charge in [-0.3, -0.25) is 4.99 Å². The Morgan fingerprint density at radius 3 is 2.39 bits per heavy atom. The van der Waals surface area contributed by atoms with Crippen LogP contribution in [0.5, 0.6) is 0 Å². The lowest BCUT2D eigenvalue weighted by Crippen LogP contribution is -2.52. The number of hydrogen-bond donors (Lipinski definition) is 3. The normalized spacial score (nSPS) is 13.2. The molecule has 0 saturated heterocycles. The fourth-order valence-electron chi connectivity index (χ4n) is 2.37. The molecule has 3 N–H and O–H groups in total. The fourth-order valence-corrected chi connectivity index (χ4v) is 2.37. The summed E-state index contributed by atoms with van der Waals surface area (Å²) >= 11 is 0. The molecule has 0 radical (unpaired) electrons. The summed E-state index contributed by atoms with van der Waals surface area (Å²) in [5.41, 5.74) is 1.28. The van der Waals surface area contributed by atoms with Gasteiger partial charge in [0.2, 0.25) is 0 Å². The van der Waals surface area contributed by atoms with Gasteiger partial charge in [0.15, 0.2) is 5.96 Å². The van der Waals surface area contributed by atoms with Crippen LogP contribution in [0, 0.1) is 0 Å². The maximum absolute atomic E-state index is 4.27. The molecular weight excluding hydrogens is 399 g/mol. The van der Waals surface area contributed by atoms with Crippen LogP contribution >= 0.6 is 24.0 Å². The van der Waals surface area contributed by atoms with Crippen LogP contribution in [0.2, 0.25) is 0 Å². The molecule has 0 saturated carbocycles. The average Bonchev–Trinajstić information content (AvgIpc) is 2.51. The van der Waals surface area contributed by atoms with E-state index in [1.165, 1.54) is 12.0 Å². The Hall–Kier alpha value is -0.820. The second-order valence-corrected chi connectivity index (χ2v) is 6.37. The van der Waals surface area contributed by atoms with Crippen molar-refractivity contribution in [2.45, 2.75) is 52.1 Å². The van der Waals surface area contributed by atoms with Crippen LogP contribution in [-0.4, -0.2) is 31.6 Å². The quantitative estimate of drug-likeness (QED) is 0.254. The van der Waals surface area contributed by atoms with Gasteiger partial charge in [0.1, 0.15) is 0 Å². The van der Waals surface area contributed by atoms with Crippen LogP contribution in [-0.2, 0) is 0 Å². The van der Waals surface area contributed by atoms with Gasteiger partial charge in [-0.05, 0) is 32.8 Å². The molecule has 0 aliphatic heterocycles. The highest BCUT2D eigenvalue weighted by molar-refractivity contribution is 14.0. The lowest BCUT2D eigenvalue weighted by atomic mass is 10.0. The molecule has 1 unspecified atom stereocenters. The van der Waals surface area contributed by atoms with E-state index < -0.39 is 0 Å². The Labute approximate surface area is 158 Å². The summed E-state index contributed by atoms with van der Waals surface area (Å²) in [5, 5.41) is 10.4. The van der Waals surface area contributed by atoms with Gasteiger partial charge in [-0.15, -0.1) is 24.0 Å². The highest BCUT2D eigenvalue weighted by Crippen LogP contribution is 2.15. The van der Waals surface area contributed by atoms with E-state index in [4.69, 9.17) is 0 Å². The molecule has 1 rings (SSSR count). The SMILES string of the molecule is CCCCNC(=NC)NCC(C)(C)NC(C)c1ccccc1.I. The third-order valence-corrected chi connectivity index (χ3v) is 3.65. The Bertz CT molecular complexity index is 446. The molecule has 0 spiro atoms. The summed E-state index contributed by atoms with van der Waals surface area (Å²) in [6, 6.07) is 10.8. The van der Waals surface area contributed by atoms with Crippen molar-refractivity contribution >= 4 is 29.9 Å². The van der Waals surface area contributed by atoms with Crippen molar-refractivity contribution < 1.29 is 0 Å². The van der Waals surface area contributed by atoms with Gasteiger partial charge in [-0.1, -0.05) is 43.7 Å². The first-order valence-electron chi connectivity index (χ1n) is 8.25. The van der Waals surface area contributed by atoms with E-state index in [0.717, 1.165) is 25.5 Å². The number of nitrogens with zero attached hydrogens (tertiary/aromatic N) is 1. The second kappa shape index (κ2) is 11.7. The zero-order valence-electron chi connectivity index (χ0n) is 15.1. The largest absolute Gasteiger partial charge is 0.356 e. The van der Waals surface area contributed by atoms with Crippen molar-refractivity contribution in [3.05, 3.63) is 35.9 Å². The summed E-state index contributed by atoms with van der Waals surface area (Å²) in [6.07, 6.45) is 2.35. The number of aliphatic imine (C=N–C) groups is 1. The van der Waals surface area contributed by atoms with Crippen LogP contribution in [0.3, 0.4) is 0 Å². The van der Waals surface area contributed by atoms with Crippen LogP contribution in [0.15, 0.2) is 35.3 Å². The minimum absolute atomic E-state index is 0. The van der Waals surface area contributed by atoms with Gasteiger partial charge in [0.05, 0.1) is 0 Å². The van der Waals surface area contributed by atoms with E-state index in [-0.39, 0.29) is 29.5 Å². The molecule has 0 amide bonds. The Morgan fingerprint density at radius 1 is 1.17 bits per heavy atom. The molecule has 0 bridgehead atoms. The van der Waals surface area contributed by atoms with Crippen LogP contribution in [0.4, 0.5) is 0 Å². The monoisotopic (exact) mass is 432 g/mol. The molecular formula is C18H33IN4. The molecule has 4 nitrogen and oxygen atoms in total. The van der Waals surface area contributed by atoms with Crippen molar-refractivity contribution in [2.75, 3.05) is 20.1 Å². The Kier molecular flexibility index (Phi) is 11.3. The highest BCUT2D eigenvalue weighted by Gasteiger charge is 2.21. The van der Waals surface area contributed by atoms with Crippen molar-refractivity contribution in [3.63, 3.8) is 0 Å². The van der Waals surface area contributed by atoms with Crippen molar-refractivity contribution in [2.24, 2.45) is 4.99 Å². The Morgan fingerprint density at radius 2 is 1.83 bits per heavy atom. The van der Waals surface area contributed by atoms with Gasteiger partial charge in [-0.25, -0.2) is 0 Å². The zero-order valence-corrected chi connectivity index (χ0v) is 17.5. The van der Waals surface area contributed by atoms with Gasteiger partial charge < -0.3 is 16.0 Å². The summed E-state index contributed by atoms with van der Waals surface area (Å²) in [7, 11) is 1.81. The predicted octanol–water partition coefficient (Wildman–Crippen LogP) is 3.70. The van der Waals surface area contributed by atoms with Gasteiger partial charge >= 0.3 is 0 Å². The number of guanidine groups is 1. The first-order valence-corrected chi connectivity index (χ1v) is 8.25. The zero-order chi connectivity index (χ0) is 16.4. The number of halogens is 1. The predicted molar refractivity (Wildman–Crippen MR) is 112 cm³/mol. The molecule has 5 heteroatoms. The van der Waals surface area contributed by atoms with Gasteiger partial charge in [0, 0.05) is 31.7 Å².